The standard InChI is InChI=1S/C23H21BrN2O/c1-16-8-13-21(27)20(14-16)26-22(17-9-11-19(24)12-10-17)23(2,15-25)18-6-4-3-5-7-18/h3-14,22,26-27H,1-2H3/t22-,23+/m1/s1. The number of phenolic OH excluding ortho intramolecular Hbond substituents is 1. The third-order valence-corrected chi connectivity index (χ3v) is 5.37. The summed E-state index contributed by atoms with van der Waals surface area (Å²) >= 11 is 3.47. The Morgan fingerprint density at radius 3 is 2.33 bits per heavy atom. The van der Waals surface area contributed by atoms with E-state index < -0.39 is 5.41 Å². The molecule has 136 valence electrons. The van der Waals surface area contributed by atoms with Crippen LogP contribution in [0.15, 0.2) is 77.3 Å². The molecule has 2 N–H and O–H groups in total. The number of anilines is 1. The summed E-state index contributed by atoms with van der Waals surface area (Å²) in [6, 6.07) is 25.2. The topological polar surface area (TPSA) is 56.0 Å². The molecule has 0 aromatic heterocycles. The summed E-state index contributed by atoms with van der Waals surface area (Å²) in [6.07, 6.45) is 0. The molecule has 0 unspecified atom stereocenters. The predicted molar refractivity (Wildman–Crippen MR) is 113 cm³/mol. The van der Waals surface area contributed by atoms with Gasteiger partial charge in [0, 0.05) is 4.47 Å². The third kappa shape index (κ3) is 3.99. The Morgan fingerprint density at radius 1 is 1.04 bits per heavy atom. The number of hydrogen-bond donors (Lipinski definition) is 2. The molecule has 0 fully saturated rings. The van der Waals surface area contributed by atoms with Gasteiger partial charge in [-0.3, -0.25) is 0 Å². The van der Waals surface area contributed by atoms with Crippen LogP contribution in [0.4, 0.5) is 5.69 Å². The SMILES string of the molecule is Cc1ccc(O)c(N[C@H](c2ccc(Br)cc2)[C@@](C)(C#N)c2ccccc2)c1. The van der Waals surface area contributed by atoms with Gasteiger partial charge in [0.05, 0.1) is 17.8 Å². The minimum atomic E-state index is -0.842. The highest BCUT2D eigenvalue weighted by Gasteiger charge is 2.38. The van der Waals surface area contributed by atoms with E-state index in [0.29, 0.717) is 5.69 Å². The monoisotopic (exact) mass is 420 g/mol. The quantitative estimate of drug-likeness (QED) is 0.490. The predicted octanol–water partition coefficient (Wildman–Crippen LogP) is 6.10. The Bertz CT molecular complexity index is 964. The number of nitrogens with one attached hydrogen (secondary N) is 1. The summed E-state index contributed by atoms with van der Waals surface area (Å²) in [5, 5.41) is 23.9. The molecule has 0 aliphatic rings. The summed E-state index contributed by atoms with van der Waals surface area (Å²) in [4.78, 5) is 0. The molecule has 27 heavy (non-hydrogen) atoms. The van der Waals surface area contributed by atoms with Gasteiger partial charge in [-0.05, 0) is 54.8 Å². The van der Waals surface area contributed by atoms with Gasteiger partial charge in [0.25, 0.3) is 0 Å². The third-order valence-electron chi connectivity index (χ3n) is 4.84. The van der Waals surface area contributed by atoms with Crippen LogP contribution >= 0.6 is 15.9 Å². The maximum Gasteiger partial charge on any atom is 0.138 e. The van der Waals surface area contributed by atoms with Crippen molar-refractivity contribution in [2.24, 2.45) is 0 Å². The fourth-order valence-corrected chi connectivity index (χ4v) is 3.48. The lowest BCUT2D eigenvalue weighted by atomic mass is 9.74. The normalized spacial score (nSPS) is 14.0. The fourth-order valence-electron chi connectivity index (χ4n) is 3.22. The van der Waals surface area contributed by atoms with E-state index in [1.807, 2.05) is 80.6 Å². The van der Waals surface area contributed by atoms with Crippen molar-refractivity contribution in [3.05, 3.63) is 94.0 Å². The first-order chi connectivity index (χ1) is 12.9. The Balaban J connectivity index is 2.13. The second-order valence-corrected chi connectivity index (χ2v) is 7.75. The minimum absolute atomic E-state index is 0.163. The molecule has 0 saturated heterocycles. The van der Waals surface area contributed by atoms with E-state index in [2.05, 4.69) is 27.3 Å². The molecule has 3 aromatic rings. The molecule has 0 bridgehead atoms. The zero-order valence-electron chi connectivity index (χ0n) is 15.3. The second kappa shape index (κ2) is 7.85. The maximum atomic E-state index is 10.3. The molecule has 3 rings (SSSR count). The van der Waals surface area contributed by atoms with Gasteiger partial charge in [-0.2, -0.15) is 5.26 Å². The lowest BCUT2D eigenvalue weighted by Gasteiger charge is -2.34. The molecule has 0 aliphatic heterocycles. The molecule has 3 aromatic carbocycles. The summed E-state index contributed by atoms with van der Waals surface area (Å²) in [5.41, 5.74) is 2.68. The van der Waals surface area contributed by atoms with Gasteiger partial charge in [0.1, 0.15) is 11.2 Å². The molecule has 0 spiro atoms. The number of hydrogen-bond acceptors (Lipinski definition) is 3. The molecular formula is C23H21BrN2O. The van der Waals surface area contributed by atoms with Crippen LogP contribution in [0.1, 0.15) is 29.7 Å². The van der Waals surface area contributed by atoms with E-state index in [-0.39, 0.29) is 11.8 Å². The Kier molecular flexibility index (Phi) is 5.53. The van der Waals surface area contributed by atoms with Crippen LogP contribution in [0.3, 0.4) is 0 Å². The van der Waals surface area contributed by atoms with Crippen LogP contribution in [0.2, 0.25) is 0 Å². The van der Waals surface area contributed by atoms with Crippen molar-refractivity contribution in [2.45, 2.75) is 25.3 Å². The van der Waals surface area contributed by atoms with Crippen LogP contribution in [-0.2, 0) is 5.41 Å². The van der Waals surface area contributed by atoms with Crippen molar-refractivity contribution < 1.29 is 5.11 Å². The molecule has 0 aliphatic carbocycles. The first-order valence-corrected chi connectivity index (χ1v) is 9.52. The molecule has 3 nitrogen and oxygen atoms in total. The highest BCUT2D eigenvalue weighted by molar-refractivity contribution is 9.10. The van der Waals surface area contributed by atoms with Crippen LogP contribution in [0.5, 0.6) is 5.75 Å². The molecule has 4 heteroatoms. The van der Waals surface area contributed by atoms with Crippen molar-refractivity contribution in [3.63, 3.8) is 0 Å². The molecular weight excluding hydrogens is 400 g/mol. The van der Waals surface area contributed by atoms with E-state index in [9.17, 15) is 10.4 Å². The first-order valence-electron chi connectivity index (χ1n) is 8.72. The highest BCUT2D eigenvalue weighted by atomic mass is 79.9. The Labute approximate surface area is 168 Å². The van der Waals surface area contributed by atoms with Gasteiger partial charge in [0.15, 0.2) is 0 Å². The molecule has 2 atom stereocenters. The van der Waals surface area contributed by atoms with Gasteiger partial charge in [0.2, 0.25) is 0 Å². The van der Waals surface area contributed by atoms with Crippen molar-refractivity contribution in [2.75, 3.05) is 5.32 Å². The highest BCUT2D eigenvalue weighted by Crippen LogP contribution is 2.41. The minimum Gasteiger partial charge on any atom is -0.506 e. The number of nitriles is 1. The lowest BCUT2D eigenvalue weighted by Crippen LogP contribution is -2.34. The van der Waals surface area contributed by atoms with Crippen LogP contribution in [0, 0.1) is 18.3 Å². The number of halogens is 1. The summed E-state index contributed by atoms with van der Waals surface area (Å²) in [6.45, 7) is 3.90. The van der Waals surface area contributed by atoms with Crippen molar-refractivity contribution in [1.29, 1.82) is 5.26 Å². The summed E-state index contributed by atoms with van der Waals surface area (Å²) in [7, 11) is 0. The lowest BCUT2D eigenvalue weighted by molar-refractivity contribution is 0.470. The van der Waals surface area contributed by atoms with Crippen molar-refractivity contribution >= 4 is 21.6 Å². The van der Waals surface area contributed by atoms with Crippen LogP contribution in [-0.4, -0.2) is 5.11 Å². The van der Waals surface area contributed by atoms with E-state index in [0.717, 1.165) is 21.2 Å². The van der Waals surface area contributed by atoms with E-state index in [1.165, 1.54) is 0 Å². The van der Waals surface area contributed by atoms with Gasteiger partial charge < -0.3 is 10.4 Å². The molecule has 0 radical (unpaired) electrons. The van der Waals surface area contributed by atoms with Crippen molar-refractivity contribution in [3.8, 4) is 11.8 Å². The number of phenols is 1. The second-order valence-electron chi connectivity index (χ2n) is 6.83. The van der Waals surface area contributed by atoms with Gasteiger partial charge in [-0.15, -0.1) is 0 Å². The summed E-state index contributed by atoms with van der Waals surface area (Å²) < 4.78 is 0.974. The van der Waals surface area contributed by atoms with Gasteiger partial charge in [-0.25, -0.2) is 0 Å². The smallest absolute Gasteiger partial charge is 0.138 e. The first kappa shape index (κ1) is 19.0. The molecule has 0 saturated carbocycles. The van der Waals surface area contributed by atoms with E-state index in [4.69, 9.17) is 0 Å². The summed E-state index contributed by atoms with van der Waals surface area (Å²) in [5.74, 6) is 0.163. The zero-order chi connectivity index (χ0) is 19.4. The van der Waals surface area contributed by atoms with E-state index >= 15 is 0 Å². The molecule has 0 heterocycles. The average Bonchev–Trinajstić information content (AvgIpc) is 2.69. The largest absolute Gasteiger partial charge is 0.506 e. The van der Waals surface area contributed by atoms with Crippen molar-refractivity contribution in [1.82, 2.24) is 0 Å². The number of benzene rings is 3. The zero-order valence-corrected chi connectivity index (χ0v) is 16.9. The number of aromatic hydroxyl groups is 1. The maximum absolute atomic E-state index is 10.3. The Hall–Kier alpha value is -2.77. The number of rotatable bonds is 5. The average molecular weight is 421 g/mol. The number of nitrogens with zero attached hydrogens (tertiary/aromatic N) is 1. The fraction of sp³-hybridized carbons (Fsp3) is 0.174. The molecule has 0 amide bonds. The van der Waals surface area contributed by atoms with Gasteiger partial charge in [-0.1, -0.05) is 64.5 Å². The number of aryl methyl sites for hydroxylation is 1. The van der Waals surface area contributed by atoms with Crippen LogP contribution < -0.4 is 5.32 Å². The van der Waals surface area contributed by atoms with Gasteiger partial charge >= 0.3 is 0 Å². The van der Waals surface area contributed by atoms with Crippen LogP contribution in [0.25, 0.3) is 0 Å². The van der Waals surface area contributed by atoms with E-state index in [1.54, 1.807) is 6.07 Å². The Morgan fingerprint density at radius 2 is 1.70 bits per heavy atom.